The van der Waals surface area contributed by atoms with Crippen molar-refractivity contribution in [1.82, 2.24) is 9.62 Å². The number of carboxylic acid groups (broad SMARTS) is 1. The second-order valence-electron chi connectivity index (χ2n) is 7.47. The highest BCUT2D eigenvalue weighted by Gasteiger charge is 2.33. The zero-order valence-electron chi connectivity index (χ0n) is 17.1. The van der Waals surface area contributed by atoms with Crippen molar-refractivity contribution >= 4 is 33.7 Å². The summed E-state index contributed by atoms with van der Waals surface area (Å²) in [6, 6.07) is 3.34. The number of ether oxygens (including phenoxy) is 2. The van der Waals surface area contributed by atoms with E-state index in [1.165, 1.54) is 23.5 Å². The summed E-state index contributed by atoms with van der Waals surface area (Å²) in [7, 11) is -2.45. The van der Waals surface area contributed by atoms with Gasteiger partial charge in [0.15, 0.2) is 0 Å². The van der Waals surface area contributed by atoms with Crippen LogP contribution in [0, 0.1) is 5.92 Å². The van der Waals surface area contributed by atoms with Gasteiger partial charge in [-0.2, -0.15) is 4.31 Å². The van der Waals surface area contributed by atoms with Crippen molar-refractivity contribution in [2.24, 2.45) is 5.92 Å². The third kappa shape index (κ3) is 6.23. The molecule has 0 unspecified atom stereocenters. The Balaban J connectivity index is 1.97. The van der Waals surface area contributed by atoms with Crippen LogP contribution in [0.3, 0.4) is 0 Å². The zero-order valence-corrected chi connectivity index (χ0v) is 18.7. The molecular weight excluding hydrogens is 436 g/mol. The van der Waals surface area contributed by atoms with Gasteiger partial charge in [0.25, 0.3) is 0 Å². The summed E-state index contributed by atoms with van der Waals surface area (Å²) in [4.78, 5) is 23.3. The Morgan fingerprint density at radius 2 is 1.93 bits per heavy atom. The van der Waals surface area contributed by atoms with Gasteiger partial charge in [0.1, 0.15) is 22.8 Å². The Morgan fingerprint density at radius 1 is 1.30 bits per heavy atom. The van der Waals surface area contributed by atoms with Crippen molar-refractivity contribution in [2.45, 2.75) is 50.2 Å². The van der Waals surface area contributed by atoms with Gasteiger partial charge in [0, 0.05) is 18.1 Å². The molecule has 1 aliphatic heterocycles. The maximum absolute atomic E-state index is 13.0. The number of carbonyl (C=O) groups excluding carboxylic acids is 1. The standard InChI is InChI=1S/C19H27ClN2O7S/c1-12(2)10-15(18(23)24)21-19(25)29-14-6-8-22(9-7-14)30(26,27)17-11-13(20)4-5-16(17)28-3/h4-5,11-12,14-15H,6-10H2,1-3H3,(H,21,25)(H,23,24)/t15-/m0/s1. The number of carboxylic acids is 1. The molecule has 2 N–H and O–H groups in total. The number of alkyl carbamates (subject to hydrolysis) is 1. The summed E-state index contributed by atoms with van der Waals surface area (Å²) < 4.78 is 37.7. The van der Waals surface area contributed by atoms with Crippen molar-refractivity contribution in [3.05, 3.63) is 23.2 Å². The molecule has 0 saturated carbocycles. The molecule has 30 heavy (non-hydrogen) atoms. The Labute approximate surface area is 181 Å². The first-order chi connectivity index (χ1) is 14.0. The Bertz CT molecular complexity index is 868. The van der Waals surface area contributed by atoms with Crippen molar-refractivity contribution in [3.63, 3.8) is 0 Å². The summed E-state index contributed by atoms with van der Waals surface area (Å²) in [5.41, 5.74) is 0. The van der Waals surface area contributed by atoms with E-state index in [2.05, 4.69) is 5.32 Å². The van der Waals surface area contributed by atoms with Gasteiger partial charge < -0.3 is 19.9 Å². The molecule has 0 bridgehead atoms. The first-order valence-corrected chi connectivity index (χ1v) is 11.4. The summed E-state index contributed by atoms with van der Waals surface area (Å²) in [5.74, 6) is -0.845. The Hall–Kier alpha value is -2.04. The van der Waals surface area contributed by atoms with E-state index in [-0.39, 0.29) is 53.9 Å². The molecule has 1 saturated heterocycles. The molecule has 1 fully saturated rings. The molecule has 1 aliphatic rings. The molecule has 1 atom stereocenters. The Kier molecular flexibility index (Phi) is 8.34. The normalized spacial score (nSPS) is 16.8. The molecule has 0 spiro atoms. The van der Waals surface area contributed by atoms with E-state index in [0.717, 1.165) is 0 Å². The van der Waals surface area contributed by atoms with Crippen LogP contribution in [-0.2, 0) is 19.6 Å². The lowest BCUT2D eigenvalue weighted by Gasteiger charge is -2.31. The van der Waals surface area contributed by atoms with Gasteiger partial charge in [0.2, 0.25) is 10.0 Å². The quantitative estimate of drug-likeness (QED) is 0.608. The molecular formula is C19H27ClN2O7S. The van der Waals surface area contributed by atoms with Gasteiger partial charge in [-0.3, -0.25) is 0 Å². The fourth-order valence-corrected chi connectivity index (χ4v) is 5.09. The molecule has 1 heterocycles. The largest absolute Gasteiger partial charge is 0.495 e. The molecule has 0 radical (unpaired) electrons. The number of piperidine rings is 1. The SMILES string of the molecule is COc1ccc(Cl)cc1S(=O)(=O)N1CCC(OC(=O)N[C@@H](CC(C)C)C(=O)O)CC1. The molecule has 1 aromatic rings. The minimum absolute atomic E-state index is 0.0207. The van der Waals surface area contributed by atoms with Crippen molar-refractivity contribution < 1.29 is 32.6 Å². The van der Waals surface area contributed by atoms with E-state index in [1.807, 2.05) is 13.8 Å². The lowest BCUT2D eigenvalue weighted by molar-refractivity contribution is -0.139. The molecule has 9 nitrogen and oxygen atoms in total. The minimum atomic E-state index is -3.83. The van der Waals surface area contributed by atoms with Crippen LogP contribution in [0.1, 0.15) is 33.1 Å². The average Bonchev–Trinajstić information content (AvgIpc) is 2.67. The maximum atomic E-state index is 13.0. The number of amides is 1. The van der Waals surface area contributed by atoms with E-state index < -0.39 is 34.2 Å². The molecule has 1 amide bonds. The van der Waals surface area contributed by atoms with Gasteiger partial charge in [-0.15, -0.1) is 0 Å². The summed E-state index contributed by atoms with van der Waals surface area (Å²) in [6.45, 7) is 4.00. The third-order valence-corrected chi connectivity index (χ3v) is 6.87. The van der Waals surface area contributed by atoms with Crippen LogP contribution in [0.5, 0.6) is 5.75 Å². The highest BCUT2D eigenvalue weighted by atomic mass is 35.5. The first kappa shape index (κ1) is 24.2. The van der Waals surface area contributed by atoms with Crippen molar-refractivity contribution in [2.75, 3.05) is 20.2 Å². The Morgan fingerprint density at radius 3 is 2.47 bits per heavy atom. The number of aliphatic carboxylic acids is 1. The number of hydrogen-bond donors (Lipinski definition) is 2. The van der Waals surface area contributed by atoms with Crippen LogP contribution in [0.2, 0.25) is 5.02 Å². The number of nitrogens with zero attached hydrogens (tertiary/aromatic N) is 1. The number of halogens is 1. The maximum Gasteiger partial charge on any atom is 0.408 e. The predicted octanol–water partition coefficient (Wildman–Crippen LogP) is 2.73. The van der Waals surface area contributed by atoms with Crippen LogP contribution in [0.4, 0.5) is 4.79 Å². The van der Waals surface area contributed by atoms with Gasteiger partial charge in [-0.1, -0.05) is 25.4 Å². The van der Waals surface area contributed by atoms with Gasteiger partial charge in [-0.05, 0) is 43.4 Å². The average molecular weight is 463 g/mol. The van der Waals surface area contributed by atoms with Gasteiger partial charge in [-0.25, -0.2) is 18.0 Å². The molecule has 1 aromatic carbocycles. The highest BCUT2D eigenvalue weighted by Crippen LogP contribution is 2.31. The molecule has 168 valence electrons. The molecule has 11 heteroatoms. The fraction of sp³-hybridized carbons (Fsp3) is 0.579. The van der Waals surface area contributed by atoms with Gasteiger partial charge in [0.05, 0.1) is 7.11 Å². The predicted molar refractivity (Wildman–Crippen MR) is 110 cm³/mol. The van der Waals surface area contributed by atoms with E-state index >= 15 is 0 Å². The topological polar surface area (TPSA) is 122 Å². The van der Waals surface area contributed by atoms with E-state index in [0.29, 0.717) is 0 Å². The number of sulfonamides is 1. The van der Waals surface area contributed by atoms with Crippen molar-refractivity contribution in [3.8, 4) is 5.75 Å². The molecule has 0 aliphatic carbocycles. The van der Waals surface area contributed by atoms with Crippen LogP contribution >= 0.6 is 11.6 Å². The van der Waals surface area contributed by atoms with Crippen LogP contribution in [0.15, 0.2) is 23.1 Å². The highest BCUT2D eigenvalue weighted by molar-refractivity contribution is 7.89. The monoisotopic (exact) mass is 462 g/mol. The molecule has 2 rings (SSSR count). The summed E-state index contributed by atoms with van der Waals surface area (Å²) in [6.07, 6.45) is -0.468. The number of rotatable bonds is 8. The van der Waals surface area contributed by atoms with Crippen molar-refractivity contribution in [1.29, 1.82) is 0 Å². The fourth-order valence-electron chi connectivity index (χ4n) is 3.20. The lowest BCUT2D eigenvalue weighted by atomic mass is 10.0. The lowest BCUT2D eigenvalue weighted by Crippen LogP contribution is -2.45. The van der Waals surface area contributed by atoms with Gasteiger partial charge >= 0.3 is 12.1 Å². The zero-order chi connectivity index (χ0) is 22.5. The summed E-state index contributed by atoms with van der Waals surface area (Å²) in [5, 5.41) is 11.8. The summed E-state index contributed by atoms with van der Waals surface area (Å²) >= 11 is 5.95. The molecule has 0 aromatic heterocycles. The van der Waals surface area contributed by atoms with Crippen LogP contribution in [0.25, 0.3) is 0 Å². The third-order valence-electron chi connectivity index (χ3n) is 4.72. The second-order valence-corrected chi connectivity index (χ2v) is 9.81. The number of methoxy groups -OCH3 is 1. The smallest absolute Gasteiger partial charge is 0.408 e. The number of carbonyl (C=O) groups is 2. The van der Waals surface area contributed by atoms with E-state index in [1.54, 1.807) is 6.07 Å². The number of hydrogen-bond acceptors (Lipinski definition) is 6. The first-order valence-electron chi connectivity index (χ1n) is 9.58. The van der Waals surface area contributed by atoms with E-state index in [9.17, 15) is 23.1 Å². The second kappa shape index (κ2) is 10.3. The number of nitrogens with one attached hydrogen (secondary N) is 1. The van der Waals surface area contributed by atoms with Crippen LogP contribution in [-0.4, -0.2) is 62.2 Å². The van der Waals surface area contributed by atoms with Crippen LogP contribution < -0.4 is 10.1 Å². The minimum Gasteiger partial charge on any atom is -0.495 e. The van der Waals surface area contributed by atoms with E-state index in [4.69, 9.17) is 21.1 Å². The number of benzene rings is 1.